The van der Waals surface area contributed by atoms with Gasteiger partial charge in [0.25, 0.3) is 0 Å². The fourth-order valence-corrected chi connectivity index (χ4v) is 1.86. The second-order valence-electron chi connectivity index (χ2n) is 4.53. The summed E-state index contributed by atoms with van der Waals surface area (Å²) in [6.45, 7) is 4.65. The van der Waals surface area contributed by atoms with Crippen molar-refractivity contribution in [3.8, 4) is 5.75 Å². The van der Waals surface area contributed by atoms with Crippen molar-refractivity contribution >= 4 is 12.4 Å². The smallest absolute Gasteiger partial charge is 0.122 e. The minimum Gasteiger partial charge on any atom is -0.491 e. The predicted molar refractivity (Wildman–Crippen MR) is 82.0 cm³/mol. The normalized spacial score (nSPS) is 11.5. The van der Waals surface area contributed by atoms with Gasteiger partial charge in [0.1, 0.15) is 12.4 Å². The van der Waals surface area contributed by atoms with Crippen molar-refractivity contribution in [1.29, 1.82) is 0 Å². The minimum atomic E-state index is -0.0916. The molecule has 0 aromatic heterocycles. The van der Waals surface area contributed by atoms with Crippen molar-refractivity contribution in [2.75, 3.05) is 6.61 Å². The Bertz CT molecular complexity index is 513. The maximum absolute atomic E-state index is 6.11. The second kappa shape index (κ2) is 7.17. The average Bonchev–Trinajstić information content (AvgIpc) is 2.41. The van der Waals surface area contributed by atoms with Crippen LogP contribution in [-0.2, 0) is 0 Å². The maximum atomic E-state index is 6.11. The Labute approximate surface area is 121 Å². The molecule has 0 amide bonds. The molecule has 2 aromatic carbocycles. The number of halogens is 1. The Kier molecular flexibility index (Phi) is 5.87. The summed E-state index contributed by atoms with van der Waals surface area (Å²) in [5, 5.41) is 0. The first-order valence-electron chi connectivity index (χ1n) is 6.18. The molecule has 0 saturated heterocycles. The zero-order chi connectivity index (χ0) is 13.0. The summed E-state index contributed by atoms with van der Waals surface area (Å²) in [7, 11) is 0. The van der Waals surface area contributed by atoms with Gasteiger partial charge in [-0.2, -0.15) is 0 Å². The molecule has 3 heteroatoms. The number of aryl methyl sites for hydroxylation is 1. The van der Waals surface area contributed by atoms with Crippen molar-refractivity contribution < 1.29 is 4.74 Å². The van der Waals surface area contributed by atoms with Crippen LogP contribution in [0.3, 0.4) is 0 Å². The lowest BCUT2D eigenvalue weighted by Gasteiger charge is -2.15. The highest BCUT2D eigenvalue weighted by Gasteiger charge is 2.08. The van der Waals surface area contributed by atoms with Crippen LogP contribution in [0.2, 0.25) is 0 Å². The molecule has 0 saturated carbocycles. The Morgan fingerprint density at radius 3 is 2.37 bits per heavy atom. The van der Waals surface area contributed by atoms with Crippen LogP contribution in [0.15, 0.2) is 48.5 Å². The highest BCUT2D eigenvalue weighted by atomic mass is 35.5. The topological polar surface area (TPSA) is 35.2 Å². The van der Waals surface area contributed by atoms with E-state index in [1.165, 1.54) is 11.1 Å². The molecular formula is C16H20ClNO. The third kappa shape index (κ3) is 3.98. The summed E-state index contributed by atoms with van der Waals surface area (Å²) in [5.74, 6) is 0.918. The molecule has 2 nitrogen and oxygen atoms in total. The number of nitrogens with two attached hydrogens (primary N) is 1. The van der Waals surface area contributed by atoms with Crippen molar-refractivity contribution in [3.05, 3.63) is 65.2 Å². The molecule has 0 heterocycles. The summed E-state index contributed by atoms with van der Waals surface area (Å²) in [5.41, 5.74) is 9.62. The van der Waals surface area contributed by atoms with Crippen LogP contribution in [0.1, 0.15) is 22.7 Å². The van der Waals surface area contributed by atoms with Crippen LogP contribution in [0.5, 0.6) is 5.75 Å². The second-order valence-corrected chi connectivity index (χ2v) is 4.53. The third-order valence-corrected chi connectivity index (χ3v) is 3.20. The fourth-order valence-electron chi connectivity index (χ4n) is 1.86. The number of ether oxygens (including phenoxy) is 1. The Hall–Kier alpha value is -1.51. The molecule has 1 unspecified atom stereocenters. The van der Waals surface area contributed by atoms with Gasteiger partial charge in [0.2, 0.25) is 0 Å². The average molecular weight is 278 g/mol. The molecule has 0 aliphatic heterocycles. The lowest BCUT2D eigenvalue weighted by atomic mass is 10.1. The van der Waals surface area contributed by atoms with E-state index < -0.39 is 0 Å². The predicted octanol–water partition coefficient (Wildman–Crippen LogP) is 3.80. The van der Waals surface area contributed by atoms with E-state index in [1.54, 1.807) is 0 Å². The Balaban J connectivity index is 0.00000180. The van der Waals surface area contributed by atoms with Crippen molar-refractivity contribution in [2.45, 2.75) is 19.9 Å². The van der Waals surface area contributed by atoms with Crippen molar-refractivity contribution in [1.82, 2.24) is 0 Å². The van der Waals surface area contributed by atoms with Crippen LogP contribution in [0, 0.1) is 13.8 Å². The van der Waals surface area contributed by atoms with Gasteiger partial charge in [0, 0.05) is 0 Å². The fraction of sp³-hybridized carbons (Fsp3) is 0.250. The van der Waals surface area contributed by atoms with Crippen LogP contribution < -0.4 is 10.5 Å². The van der Waals surface area contributed by atoms with E-state index in [2.05, 4.69) is 19.9 Å². The molecule has 0 fully saturated rings. The van der Waals surface area contributed by atoms with Gasteiger partial charge < -0.3 is 10.5 Å². The molecule has 19 heavy (non-hydrogen) atoms. The molecule has 0 aliphatic carbocycles. The molecule has 0 spiro atoms. The lowest BCUT2D eigenvalue weighted by molar-refractivity contribution is 0.288. The standard InChI is InChI=1S/C16H19NO.ClH/c1-12-7-6-10-16(13(12)2)18-11-15(17)14-8-4-3-5-9-14;/h3-10,15H,11,17H2,1-2H3;1H. The minimum absolute atomic E-state index is 0. The van der Waals surface area contributed by atoms with E-state index in [-0.39, 0.29) is 18.4 Å². The van der Waals surface area contributed by atoms with Crippen molar-refractivity contribution in [2.24, 2.45) is 5.73 Å². The SMILES string of the molecule is Cc1cccc(OCC(N)c2ccccc2)c1C.Cl. The van der Waals surface area contributed by atoms with E-state index in [0.717, 1.165) is 11.3 Å². The number of rotatable bonds is 4. The summed E-state index contributed by atoms with van der Waals surface area (Å²) in [6, 6.07) is 16.0. The van der Waals surface area contributed by atoms with E-state index >= 15 is 0 Å². The van der Waals surface area contributed by atoms with Crippen molar-refractivity contribution in [3.63, 3.8) is 0 Å². The van der Waals surface area contributed by atoms with E-state index in [9.17, 15) is 0 Å². The van der Waals surface area contributed by atoms with Gasteiger partial charge in [-0.15, -0.1) is 12.4 Å². The first kappa shape index (κ1) is 15.5. The van der Waals surface area contributed by atoms with Gasteiger partial charge in [0.15, 0.2) is 0 Å². The Morgan fingerprint density at radius 2 is 1.68 bits per heavy atom. The molecule has 2 rings (SSSR count). The lowest BCUT2D eigenvalue weighted by Crippen LogP contribution is -2.19. The summed E-state index contributed by atoms with van der Waals surface area (Å²) < 4.78 is 5.81. The quantitative estimate of drug-likeness (QED) is 0.922. The van der Waals surface area contributed by atoms with Gasteiger partial charge in [0.05, 0.1) is 6.04 Å². The molecular weight excluding hydrogens is 258 g/mol. The van der Waals surface area contributed by atoms with E-state index in [1.807, 2.05) is 42.5 Å². The summed E-state index contributed by atoms with van der Waals surface area (Å²) in [4.78, 5) is 0. The Morgan fingerprint density at radius 1 is 1.00 bits per heavy atom. The van der Waals surface area contributed by atoms with Crippen LogP contribution in [0.25, 0.3) is 0 Å². The largest absolute Gasteiger partial charge is 0.491 e. The molecule has 102 valence electrons. The summed E-state index contributed by atoms with van der Waals surface area (Å²) in [6.07, 6.45) is 0. The molecule has 1 atom stereocenters. The van der Waals surface area contributed by atoms with Gasteiger partial charge in [-0.05, 0) is 36.6 Å². The highest BCUT2D eigenvalue weighted by Crippen LogP contribution is 2.21. The molecule has 2 N–H and O–H groups in total. The molecule has 0 bridgehead atoms. The first-order valence-corrected chi connectivity index (χ1v) is 6.18. The van der Waals surface area contributed by atoms with Gasteiger partial charge >= 0.3 is 0 Å². The molecule has 0 radical (unpaired) electrons. The number of hydrogen-bond acceptors (Lipinski definition) is 2. The van der Waals surface area contributed by atoms with E-state index in [0.29, 0.717) is 6.61 Å². The maximum Gasteiger partial charge on any atom is 0.122 e. The van der Waals surface area contributed by atoms with Crippen LogP contribution >= 0.6 is 12.4 Å². The zero-order valence-electron chi connectivity index (χ0n) is 11.3. The first-order chi connectivity index (χ1) is 8.68. The molecule has 0 aliphatic rings. The third-order valence-electron chi connectivity index (χ3n) is 3.20. The number of hydrogen-bond donors (Lipinski definition) is 1. The summed E-state index contributed by atoms with van der Waals surface area (Å²) >= 11 is 0. The van der Waals surface area contributed by atoms with Crippen LogP contribution in [-0.4, -0.2) is 6.61 Å². The van der Waals surface area contributed by atoms with Gasteiger partial charge in [-0.3, -0.25) is 0 Å². The van der Waals surface area contributed by atoms with Gasteiger partial charge in [-0.1, -0.05) is 42.5 Å². The molecule has 2 aromatic rings. The number of benzene rings is 2. The highest BCUT2D eigenvalue weighted by molar-refractivity contribution is 5.85. The van der Waals surface area contributed by atoms with Gasteiger partial charge in [-0.25, -0.2) is 0 Å². The zero-order valence-corrected chi connectivity index (χ0v) is 12.1. The van der Waals surface area contributed by atoms with E-state index in [4.69, 9.17) is 10.5 Å². The monoisotopic (exact) mass is 277 g/mol. The van der Waals surface area contributed by atoms with Crippen LogP contribution in [0.4, 0.5) is 0 Å².